The second-order valence-corrected chi connectivity index (χ2v) is 4.70. The quantitative estimate of drug-likeness (QED) is 0.579. The van der Waals surface area contributed by atoms with Crippen LogP contribution in [0.25, 0.3) is 0 Å². The average Bonchev–Trinajstić information content (AvgIpc) is 2.55. The van der Waals surface area contributed by atoms with Crippen molar-refractivity contribution >= 4 is 0 Å². The molecule has 0 bridgehead atoms. The maximum Gasteiger partial charge on any atom is -0.0386 e. The molecule has 2 aliphatic rings. The molecular formula is C11H20. The molecule has 0 amide bonds. The molecule has 0 unspecified atom stereocenters. The first-order valence-electron chi connectivity index (χ1n) is 5.36. The van der Waals surface area contributed by atoms with Crippen LogP contribution < -0.4 is 0 Å². The highest BCUT2D eigenvalue weighted by molar-refractivity contribution is 4.83. The molecule has 2 rings (SSSR count). The number of hydrogen-bond acceptors (Lipinski definition) is 0. The Morgan fingerprint density at radius 1 is 1.09 bits per heavy atom. The minimum absolute atomic E-state index is 1.08. The topological polar surface area (TPSA) is 0 Å². The molecule has 0 aromatic carbocycles. The van der Waals surface area contributed by atoms with Crippen molar-refractivity contribution in [3.63, 3.8) is 0 Å². The summed E-state index contributed by atoms with van der Waals surface area (Å²) in [5, 5.41) is 0. The van der Waals surface area contributed by atoms with Gasteiger partial charge in [-0.15, -0.1) is 0 Å². The summed E-state index contributed by atoms with van der Waals surface area (Å²) in [5.41, 5.74) is 0. The lowest BCUT2D eigenvalue weighted by Crippen LogP contribution is -1.93. The van der Waals surface area contributed by atoms with E-state index in [1.807, 2.05) is 0 Å². The Hall–Kier alpha value is 0. The van der Waals surface area contributed by atoms with Crippen LogP contribution in [0.1, 0.15) is 51.9 Å². The molecule has 0 saturated heterocycles. The van der Waals surface area contributed by atoms with Crippen molar-refractivity contribution in [2.75, 3.05) is 0 Å². The Kier molecular flexibility index (Phi) is 2.20. The van der Waals surface area contributed by atoms with Gasteiger partial charge in [0, 0.05) is 0 Å². The van der Waals surface area contributed by atoms with E-state index in [0.29, 0.717) is 0 Å². The standard InChI is InChI=1S/C11H20/c1-9-8-11(9)7-6-10-4-2-3-5-10/h9-11H,2-8H2,1H3/t9-,11-/m0/s1. The molecule has 64 valence electrons. The largest absolute Gasteiger partial charge is 0.0622 e. The zero-order valence-corrected chi connectivity index (χ0v) is 7.68. The van der Waals surface area contributed by atoms with Crippen molar-refractivity contribution < 1.29 is 0 Å². The van der Waals surface area contributed by atoms with Gasteiger partial charge >= 0.3 is 0 Å². The van der Waals surface area contributed by atoms with Gasteiger partial charge < -0.3 is 0 Å². The molecule has 0 nitrogen and oxygen atoms in total. The lowest BCUT2D eigenvalue weighted by atomic mass is 10.00. The monoisotopic (exact) mass is 152 g/mol. The summed E-state index contributed by atoms with van der Waals surface area (Å²) in [6.45, 7) is 2.40. The maximum absolute atomic E-state index is 2.40. The summed E-state index contributed by atoms with van der Waals surface area (Å²) in [6.07, 6.45) is 10.8. The summed E-state index contributed by atoms with van der Waals surface area (Å²) in [4.78, 5) is 0. The van der Waals surface area contributed by atoms with Crippen molar-refractivity contribution in [2.45, 2.75) is 51.9 Å². The van der Waals surface area contributed by atoms with Gasteiger partial charge in [0.25, 0.3) is 0 Å². The van der Waals surface area contributed by atoms with E-state index in [1.165, 1.54) is 19.3 Å². The van der Waals surface area contributed by atoms with Crippen molar-refractivity contribution in [3.8, 4) is 0 Å². The van der Waals surface area contributed by atoms with Crippen LogP contribution in [-0.4, -0.2) is 0 Å². The van der Waals surface area contributed by atoms with Crippen LogP contribution >= 0.6 is 0 Å². The average molecular weight is 152 g/mol. The van der Waals surface area contributed by atoms with E-state index >= 15 is 0 Å². The third-order valence-corrected chi connectivity index (χ3v) is 3.70. The molecule has 2 fully saturated rings. The van der Waals surface area contributed by atoms with Gasteiger partial charge in [0.15, 0.2) is 0 Å². The van der Waals surface area contributed by atoms with E-state index in [0.717, 1.165) is 17.8 Å². The minimum atomic E-state index is 1.08. The minimum Gasteiger partial charge on any atom is -0.0622 e. The Balaban J connectivity index is 1.59. The predicted octanol–water partition coefficient (Wildman–Crippen LogP) is 3.61. The molecule has 0 radical (unpaired) electrons. The van der Waals surface area contributed by atoms with Gasteiger partial charge in [-0.3, -0.25) is 0 Å². The molecule has 2 aliphatic carbocycles. The van der Waals surface area contributed by atoms with Gasteiger partial charge in [-0.25, -0.2) is 0 Å². The van der Waals surface area contributed by atoms with Crippen LogP contribution in [0, 0.1) is 17.8 Å². The van der Waals surface area contributed by atoms with E-state index in [9.17, 15) is 0 Å². The summed E-state index contributed by atoms with van der Waals surface area (Å²) >= 11 is 0. The van der Waals surface area contributed by atoms with E-state index in [2.05, 4.69) is 6.92 Å². The summed E-state index contributed by atoms with van der Waals surface area (Å²) < 4.78 is 0. The fraction of sp³-hybridized carbons (Fsp3) is 1.00. The molecule has 0 aromatic heterocycles. The maximum atomic E-state index is 2.40. The Bertz CT molecular complexity index is 122. The summed E-state index contributed by atoms with van der Waals surface area (Å²) in [7, 11) is 0. The van der Waals surface area contributed by atoms with Gasteiger partial charge in [-0.05, 0) is 30.6 Å². The number of rotatable bonds is 3. The normalized spacial score (nSPS) is 37.9. The van der Waals surface area contributed by atoms with Crippen molar-refractivity contribution in [3.05, 3.63) is 0 Å². The highest BCUT2D eigenvalue weighted by Crippen LogP contribution is 2.43. The molecule has 0 heteroatoms. The van der Waals surface area contributed by atoms with Crippen molar-refractivity contribution in [2.24, 2.45) is 17.8 Å². The highest BCUT2D eigenvalue weighted by atomic mass is 14.4. The Labute approximate surface area is 70.4 Å². The van der Waals surface area contributed by atoms with Gasteiger partial charge in [-0.1, -0.05) is 39.0 Å². The third kappa shape index (κ3) is 1.98. The predicted molar refractivity (Wildman–Crippen MR) is 48.5 cm³/mol. The first-order valence-corrected chi connectivity index (χ1v) is 5.36. The van der Waals surface area contributed by atoms with Gasteiger partial charge in [-0.2, -0.15) is 0 Å². The molecule has 0 heterocycles. The van der Waals surface area contributed by atoms with Crippen LogP contribution in [0.15, 0.2) is 0 Å². The van der Waals surface area contributed by atoms with Crippen molar-refractivity contribution in [1.29, 1.82) is 0 Å². The Morgan fingerprint density at radius 3 is 2.27 bits per heavy atom. The third-order valence-electron chi connectivity index (χ3n) is 3.70. The zero-order valence-electron chi connectivity index (χ0n) is 7.68. The van der Waals surface area contributed by atoms with E-state index in [-0.39, 0.29) is 0 Å². The van der Waals surface area contributed by atoms with Crippen LogP contribution in [0.2, 0.25) is 0 Å². The first kappa shape index (κ1) is 7.64. The van der Waals surface area contributed by atoms with E-state index < -0.39 is 0 Å². The smallest absolute Gasteiger partial charge is 0.0386 e. The first-order chi connectivity index (χ1) is 5.36. The van der Waals surface area contributed by atoms with Crippen LogP contribution in [0.4, 0.5) is 0 Å². The molecule has 2 atom stereocenters. The molecule has 2 saturated carbocycles. The van der Waals surface area contributed by atoms with E-state index in [4.69, 9.17) is 0 Å². The fourth-order valence-corrected chi connectivity index (χ4v) is 2.55. The van der Waals surface area contributed by atoms with Crippen LogP contribution in [0.5, 0.6) is 0 Å². The van der Waals surface area contributed by atoms with Gasteiger partial charge in [0.05, 0.1) is 0 Å². The van der Waals surface area contributed by atoms with Gasteiger partial charge in [0.2, 0.25) is 0 Å². The molecule has 0 spiro atoms. The Morgan fingerprint density at radius 2 is 1.73 bits per heavy atom. The number of hydrogen-bond donors (Lipinski definition) is 0. The van der Waals surface area contributed by atoms with Crippen LogP contribution in [-0.2, 0) is 0 Å². The summed E-state index contributed by atoms with van der Waals surface area (Å²) in [5.74, 6) is 3.34. The molecule has 0 aliphatic heterocycles. The molecular weight excluding hydrogens is 132 g/mol. The highest BCUT2D eigenvalue weighted by Gasteiger charge is 2.32. The SMILES string of the molecule is C[C@H]1C[C@@H]1CCC1CCCC1. The van der Waals surface area contributed by atoms with Crippen LogP contribution in [0.3, 0.4) is 0 Å². The van der Waals surface area contributed by atoms with E-state index in [1.54, 1.807) is 25.7 Å². The lowest BCUT2D eigenvalue weighted by molar-refractivity contribution is 0.458. The lowest BCUT2D eigenvalue weighted by Gasteiger charge is -2.06. The van der Waals surface area contributed by atoms with Gasteiger partial charge in [0.1, 0.15) is 0 Å². The second-order valence-electron chi connectivity index (χ2n) is 4.70. The molecule has 0 N–H and O–H groups in total. The second kappa shape index (κ2) is 3.16. The van der Waals surface area contributed by atoms with Crippen molar-refractivity contribution in [1.82, 2.24) is 0 Å². The molecule has 11 heavy (non-hydrogen) atoms. The zero-order chi connectivity index (χ0) is 7.68. The molecule has 0 aromatic rings. The fourth-order valence-electron chi connectivity index (χ4n) is 2.55. The summed E-state index contributed by atoms with van der Waals surface area (Å²) in [6, 6.07) is 0.